The van der Waals surface area contributed by atoms with Crippen molar-refractivity contribution in [1.29, 1.82) is 0 Å². The van der Waals surface area contributed by atoms with Crippen LogP contribution >= 0.6 is 58.2 Å². The molecule has 0 spiro atoms. The number of halogens is 4. The highest BCUT2D eigenvalue weighted by Gasteiger charge is 2.37. The van der Waals surface area contributed by atoms with E-state index in [9.17, 15) is 14.7 Å². The van der Waals surface area contributed by atoms with Crippen LogP contribution < -0.4 is 29.9 Å². The molecule has 5 aliphatic rings. The SMILES string of the molecule is O=C(CCCOCCOCCCCCCCl)CSc1c(Cl)c(Cl)c(C(=O)[O-])c(C2=c3cc4c5c(c3Oc3c2cc2c6c3CCCN6CCCC2)CCC[N+]=5CCCC4)c1Cl. The van der Waals surface area contributed by atoms with E-state index in [0.717, 1.165) is 138 Å². The number of nitrogens with zero attached hydrogens (tertiary/aromatic N) is 2. The highest BCUT2D eigenvalue weighted by atomic mass is 35.5. The predicted octanol–water partition coefficient (Wildman–Crippen LogP) is 8.50. The van der Waals surface area contributed by atoms with Crippen LogP contribution in [0.4, 0.5) is 5.69 Å². The van der Waals surface area contributed by atoms with Gasteiger partial charge in [-0.05, 0) is 88.3 Å². The van der Waals surface area contributed by atoms with Gasteiger partial charge in [0, 0.05) is 101 Å². The largest absolute Gasteiger partial charge is 0.545 e. The summed E-state index contributed by atoms with van der Waals surface area (Å²) >= 11 is 28.3. The van der Waals surface area contributed by atoms with Gasteiger partial charge < -0.3 is 29.0 Å². The summed E-state index contributed by atoms with van der Waals surface area (Å²) in [5, 5.41) is 15.4. The lowest BCUT2D eigenvalue weighted by molar-refractivity contribution is -0.255. The minimum absolute atomic E-state index is 0.00164. The topological polar surface area (TPSA) is 91.1 Å². The summed E-state index contributed by atoms with van der Waals surface area (Å²) in [6.07, 6.45) is 15.0. The Balaban J connectivity index is 1.15. The molecule has 322 valence electrons. The first kappa shape index (κ1) is 44.1. The van der Waals surface area contributed by atoms with E-state index in [1.165, 1.54) is 45.1 Å². The number of carboxylic acid groups (broad SMARTS) is 1. The summed E-state index contributed by atoms with van der Waals surface area (Å²) in [4.78, 5) is 29.5. The zero-order valence-corrected chi connectivity index (χ0v) is 38.1. The van der Waals surface area contributed by atoms with Crippen molar-refractivity contribution in [2.75, 3.05) is 69.1 Å². The summed E-state index contributed by atoms with van der Waals surface area (Å²) in [6.45, 7) is 6.16. The highest BCUT2D eigenvalue weighted by Crippen LogP contribution is 2.52. The molecule has 3 aromatic carbocycles. The molecule has 0 N–H and O–H groups in total. The summed E-state index contributed by atoms with van der Waals surface area (Å²) in [7, 11) is 0. The molecular formula is C47H54Cl4N2O6S. The van der Waals surface area contributed by atoms with Gasteiger partial charge in [0.1, 0.15) is 30.4 Å². The van der Waals surface area contributed by atoms with Crippen LogP contribution in [0.1, 0.15) is 121 Å². The number of benzene rings is 3. The van der Waals surface area contributed by atoms with E-state index >= 15 is 0 Å². The molecule has 0 saturated carbocycles. The number of rotatable bonds is 18. The van der Waals surface area contributed by atoms with Crippen molar-refractivity contribution in [1.82, 2.24) is 4.58 Å². The number of ketones is 1. The zero-order valence-electron chi connectivity index (χ0n) is 34.3. The van der Waals surface area contributed by atoms with Crippen LogP contribution in [0.5, 0.6) is 11.5 Å². The van der Waals surface area contributed by atoms with Gasteiger partial charge >= 0.3 is 0 Å². The Hall–Kier alpha value is -2.50. The number of hydrogen-bond donors (Lipinski definition) is 0. The number of carboxylic acids is 1. The number of thioether (sulfide) groups is 1. The van der Waals surface area contributed by atoms with Crippen LogP contribution in [0.25, 0.3) is 5.57 Å². The minimum atomic E-state index is -1.47. The maximum atomic E-state index is 13.3. The average Bonchev–Trinajstić information content (AvgIpc) is 3.59. The quantitative estimate of drug-likeness (QED) is 0.0323. The molecule has 5 heterocycles. The predicted molar refractivity (Wildman–Crippen MR) is 241 cm³/mol. The second kappa shape index (κ2) is 20.3. The first-order valence-corrected chi connectivity index (χ1v) is 24.6. The van der Waals surface area contributed by atoms with Crippen molar-refractivity contribution in [2.45, 2.75) is 108 Å². The Morgan fingerprint density at radius 1 is 0.767 bits per heavy atom. The van der Waals surface area contributed by atoms with Crippen molar-refractivity contribution >= 4 is 81.2 Å². The molecule has 8 rings (SSSR count). The van der Waals surface area contributed by atoms with Gasteiger partial charge in [-0.3, -0.25) is 4.79 Å². The van der Waals surface area contributed by atoms with E-state index in [4.69, 9.17) is 60.6 Å². The number of fused-ring (bicyclic) bond motifs is 4. The molecule has 0 radical (unpaired) electrons. The summed E-state index contributed by atoms with van der Waals surface area (Å²) in [5.74, 6) is 0.857. The molecule has 0 bridgehead atoms. The molecule has 0 aromatic heterocycles. The Morgan fingerprint density at radius 3 is 2.32 bits per heavy atom. The first-order chi connectivity index (χ1) is 29.3. The van der Waals surface area contributed by atoms with Gasteiger partial charge in [0.15, 0.2) is 0 Å². The maximum absolute atomic E-state index is 13.3. The number of unbranched alkanes of at least 4 members (excludes halogenated alkanes) is 3. The van der Waals surface area contributed by atoms with Gasteiger partial charge in [-0.25, -0.2) is 4.58 Å². The summed E-state index contributed by atoms with van der Waals surface area (Å²) in [6, 6.07) is 4.43. The third-order valence-corrected chi connectivity index (χ3v) is 15.5. The van der Waals surface area contributed by atoms with Crippen LogP contribution in [-0.2, 0) is 40.0 Å². The zero-order chi connectivity index (χ0) is 41.8. The lowest BCUT2D eigenvalue weighted by Gasteiger charge is -2.36. The number of aromatic carboxylic acids is 1. The van der Waals surface area contributed by atoms with Crippen LogP contribution in [0, 0.1) is 0 Å². The molecule has 0 saturated heterocycles. The fraction of sp³-hybridized carbons (Fsp3) is 0.553. The Kier molecular flexibility index (Phi) is 15.0. The van der Waals surface area contributed by atoms with E-state index < -0.39 is 5.97 Å². The number of Topliss-reactive ketones (excluding diaryl/α,β-unsaturated/α-hetero) is 1. The van der Waals surface area contributed by atoms with E-state index in [2.05, 4.69) is 21.6 Å². The van der Waals surface area contributed by atoms with Crippen molar-refractivity contribution < 1.29 is 28.9 Å². The number of alkyl halides is 1. The van der Waals surface area contributed by atoms with E-state index in [1.54, 1.807) is 0 Å². The first-order valence-electron chi connectivity index (χ1n) is 22.0. The molecule has 8 nitrogen and oxygen atoms in total. The Bertz CT molecular complexity index is 2280. The standard InChI is InChI=1S/C47H54Cl4N2O6S/c48-17-5-1-2-8-22-57-24-25-58-23-11-14-31(54)28-60-46-40(50)37(38(47(55)56)39(49)41(46)51)36-34-26-29-12-3-6-18-52-20-9-15-32(42(29)52)44(34)59-45-33-16-10-21-53-19-7-4-13-30(43(33)53)27-35(36)45/h26-27H,1-25,28H2. The Labute approximate surface area is 377 Å². The fourth-order valence-corrected chi connectivity index (χ4v) is 12.1. The summed E-state index contributed by atoms with van der Waals surface area (Å²) in [5.41, 5.74) is 7.60. The Morgan fingerprint density at radius 2 is 1.50 bits per heavy atom. The normalized spacial score (nSPS) is 16.6. The van der Waals surface area contributed by atoms with Gasteiger partial charge in [-0.1, -0.05) is 47.6 Å². The molecule has 13 heteroatoms. The fourth-order valence-electron chi connectivity index (χ4n) is 9.86. The second-order valence-electron chi connectivity index (χ2n) is 16.6. The van der Waals surface area contributed by atoms with E-state index in [0.29, 0.717) is 55.6 Å². The van der Waals surface area contributed by atoms with Crippen molar-refractivity contribution in [3.63, 3.8) is 0 Å². The number of carbonyl (C=O) groups excluding carboxylic acids is 2. The van der Waals surface area contributed by atoms with Gasteiger partial charge in [0.2, 0.25) is 5.36 Å². The van der Waals surface area contributed by atoms with Crippen LogP contribution in [0.3, 0.4) is 0 Å². The number of aryl methyl sites for hydroxylation is 2. The maximum Gasteiger partial charge on any atom is 0.210 e. The highest BCUT2D eigenvalue weighted by molar-refractivity contribution is 8.00. The third kappa shape index (κ3) is 9.11. The molecule has 0 fully saturated rings. The molecule has 0 unspecified atom stereocenters. The molecule has 0 atom stereocenters. The number of ether oxygens (including phenoxy) is 3. The molecule has 0 amide bonds. The number of anilines is 1. The lowest BCUT2D eigenvalue weighted by Crippen LogP contribution is -2.41. The van der Waals surface area contributed by atoms with Crippen LogP contribution in [-0.4, -0.2) is 76.0 Å². The van der Waals surface area contributed by atoms with Crippen molar-refractivity contribution in [3.8, 4) is 11.5 Å². The smallest absolute Gasteiger partial charge is 0.210 e. The monoisotopic (exact) mass is 914 g/mol. The van der Waals surface area contributed by atoms with Gasteiger partial charge in [0.25, 0.3) is 0 Å². The second-order valence-corrected chi connectivity index (χ2v) is 19.1. The molecule has 3 aromatic rings. The summed E-state index contributed by atoms with van der Waals surface area (Å²) < 4.78 is 21.1. The van der Waals surface area contributed by atoms with E-state index in [-0.39, 0.29) is 37.7 Å². The number of hydrogen-bond acceptors (Lipinski definition) is 8. The van der Waals surface area contributed by atoms with Gasteiger partial charge in [-0.15, -0.1) is 23.4 Å². The number of carbonyl (C=O) groups is 2. The van der Waals surface area contributed by atoms with Gasteiger partial charge in [-0.2, -0.15) is 0 Å². The van der Waals surface area contributed by atoms with Crippen LogP contribution in [0.2, 0.25) is 15.1 Å². The molecule has 60 heavy (non-hydrogen) atoms. The molecule has 5 aliphatic heterocycles. The third-order valence-electron chi connectivity index (χ3n) is 12.6. The minimum Gasteiger partial charge on any atom is -0.545 e. The van der Waals surface area contributed by atoms with Crippen LogP contribution in [0.15, 0.2) is 17.0 Å². The molecule has 0 aliphatic carbocycles. The van der Waals surface area contributed by atoms with Gasteiger partial charge in [0.05, 0.1) is 45.6 Å². The van der Waals surface area contributed by atoms with Crippen molar-refractivity contribution in [3.05, 3.63) is 76.7 Å². The van der Waals surface area contributed by atoms with Crippen molar-refractivity contribution in [2.24, 2.45) is 0 Å². The van der Waals surface area contributed by atoms with E-state index in [1.807, 2.05) is 0 Å². The molecular weight excluding hydrogens is 862 g/mol. The lowest BCUT2D eigenvalue weighted by atomic mass is 9.83. The average molecular weight is 917 g/mol.